The Balaban J connectivity index is 1.95. The van der Waals surface area contributed by atoms with E-state index in [1.807, 2.05) is 0 Å². The molecule has 1 N–H and O–H groups in total. The molecular formula is C18H23F3N2O3. The van der Waals surface area contributed by atoms with Gasteiger partial charge in [0.2, 0.25) is 5.91 Å². The van der Waals surface area contributed by atoms with Gasteiger partial charge in [0.25, 0.3) is 0 Å². The summed E-state index contributed by atoms with van der Waals surface area (Å²) in [4.78, 5) is 25.9. The van der Waals surface area contributed by atoms with E-state index in [0.29, 0.717) is 25.9 Å². The van der Waals surface area contributed by atoms with Crippen LogP contribution in [0.25, 0.3) is 0 Å². The molecule has 0 aromatic heterocycles. The maximum Gasteiger partial charge on any atom is 0.418 e. The van der Waals surface area contributed by atoms with Crippen LogP contribution in [0.5, 0.6) is 0 Å². The predicted octanol–water partition coefficient (Wildman–Crippen LogP) is 4.29. The molecule has 0 aliphatic carbocycles. The number of carbonyl (C=O) groups excluding carboxylic acids is 2. The van der Waals surface area contributed by atoms with Gasteiger partial charge in [-0.2, -0.15) is 13.2 Å². The minimum atomic E-state index is -4.54. The van der Waals surface area contributed by atoms with E-state index in [4.69, 9.17) is 4.74 Å². The van der Waals surface area contributed by atoms with E-state index in [-0.39, 0.29) is 5.69 Å². The molecule has 0 saturated carbocycles. The molecule has 144 valence electrons. The van der Waals surface area contributed by atoms with Crippen LogP contribution in [0.4, 0.5) is 23.7 Å². The topological polar surface area (TPSA) is 58.6 Å². The molecular weight excluding hydrogens is 349 g/mol. The highest BCUT2D eigenvalue weighted by Gasteiger charge is 2.35. The van der Waals surface area contributed by atoms with Crippen LogP contribution in [0.3, 0.4) is 0 Å². The number of likely N-dealkylation sites (tertiary alicyclic amines) is 1. The summed E-state index contributed by atoms with van der Waals surface area (Å²) in [5.41, 5.74) is -1.73. The molecule has 1 aromatic rings. The summed E-state index contributed by atoms with van der Waals surface area (Å²) in [6.45, 7) is 5.96. The molecule has 0 bridgehead atoms. The van der Waals surface area contributed by atoms with Crippen molar-refractivity contribution < 1.29 is 27.5 Å². The SMILES string of the molecule is CC(C)(C)OC(=O)N1CCC(C(=O)Nc2ccccc2C(F)(F)F)CC1. The number of benzene rings is 1. The summed E-state index contributed by atoms with van der Waals surface area (Å²) in [6, 6.07) is 4.88. The fourth-order valence-corrected chi connectivity index (χ4v) is 2.72. The molecule has 0 spiro atoms. The van der Waals surface area contributed by atoms with Gasteiger partial charge >= 0.3 is 12.3 Å². The third-order valence-corrected chi connectivity index (χ3v) is 4.01. The van der Waals surface area contributed by atoms with Crippen LogP contribution in [0.15, 0.2) is 24.3 Å². The number of piperidine rings is 1. The number of halogens is 3. The van der Waals surface area contributed by atoms with E-state index in [1.165, 1.54) is 23.1 Å². The molecule has 1 aliphatic rings. The van der Waals surface area contributed by atoms with Gasteiger partial charge in [-0.3, -0.25) is 4.79 Å². The molecule has 0 unspecified atom stereocenters. The number of para-hydroxylation sites is 1. The molecule has 1 fully saturated rings. The molecule has 1 heterocycles. The summed E-state index contributed by atoms with van der Waals surface area (Å²) in [7, 11) is 0. The lowest BCUT2D eigenvalue weighted by Gasteiger charge is -2.33. The van der Waals surface area contributed by atoms with Crippen molar-refractivity contribution >= 4 is 17.7 Å². The van der Waals surface area contributed by atoms with Gasteiger partial charge in [0.15, 0.2) is 0 Å². The maximum atomic E-state index is 13.0. The third-order valence-electron chi connectivity index (χ3n) is 4.01. The number of carbonyl (C=O) groups is 2. The van der Waals surface area contributed by atoms with Crippen molar-refractivity contribution in [1.29, 1.82) is 0 Å². The zero-order valence-corrected chi connectivity index (χ0v) is 15.0. The normalized spacial score (nSPS) is 16.3. The molecule has 1 aromatic carbocycles. The van der Waals surface area contributed by atoms with Crippen molar-refractivity contribution in [1.82, 2.24) is 4.90 Å². The smallest absolute Gasteiger partial charge is 0.418 e. The zero-order valence-electron chi connectivity index (χ0n) is 15.0. The summed E-state index contributed by atoms with van der Waals surface area (Å²) < 4.78 is 44.3. The first-order chi connectivity index (χ1) is 12.0. The highest BCUT2D eigenvalue weighted by molar-refractivity contribution is 5.93. The fourth-order valence-electron chi connectivity index (χ4n) is 2.72. The second-order valence-corrected chi connectivity index (χ2v) is 7.27. The maximum absolute atomic E-state index is 13.0. The number of amides is 2. The predicted molar refractivity (Wildman–Crippen MR) is 90.6 cm³/mol. The fraction of sp³-hybridized carbons (Fsp3) is 0.556. The van der Waals surface area contributed by atoms with Gasteiger partial charge in [-0.25, -0.2) is 4.79 Å². The Labute approximate surface area is 150 Å². The second kappa shape index (κ2) is 7.55. The molecule has 5 nitrogen and oxygen atoms in total. The van der Waals surface area contributed by atoms with Crippen molar-refractivity contribution in [2.24, 2.45) is 5.92 Å². The van der Waals surface area contributed by atoms with Crippen LogP contribution in [0, 0.1) is 5.92 Å². The number of alkyl halides is 3. The van der Waals surface area contributed by atoms with Gasteiger partial charge in [0.1, 0.15) is 5.60 Å². The zero-order chi connectivity index (χ0) is 19.5. The number of hydrogen-bond donors (Lipinski definition) is 1. The number of nitrogens with zero attached hydrogens (tertiary/aromatic N) is 1. The van der Waals surface area contributed by atoms with Gasteiger partial charge in [0, 0.05) is 19.0 Å². The third kappa shape index (κ3) is 5.37. The van der Waals surface area contributed by atoms with Crippen LogP contribution >= 0.6 is 0 Å². The number of nitrogens with one attached hydrogen (secondary N) is 1. The van der Waals surface area contributed by atoms with E-state index < -0.39 is 35.3 Å². The van der Waals surface area contributed by atoms with Gasteiger partial charge in [0.05, 0.1) is 11.3 Å². The summed E-state index contributed by atoms with van der Waals surface area (Å²) in [6.07, 6.45) is -4.23. The Hall–Kier alpha value is -2.25. The molecule has 1 aliphatic heterocycles. The van der Waals surface area contributed by atoms with E-state index in [1.54, 1.807) is 20.8 Å². The first kappa shape index (κ1) is 20.1. The van der Waals surface area contributed by atoms with Crippen LogP contribution in [-0.2, 0) is 15.7 Å². The quantitative estimate of drug-likeness (QED) is 0.842. The molecule has 2 rings (SSSR count). The van der Waals surface area contributed by atoms with Crippen LogP contribution < -0.4 is 5.32 Å². The van der Waals surface area contributed by atoms with Crippen LogP contribution in [0.2, 0.25) is 0 Å². The summed E-state index contributed by atoms with van der Waals surface area (Å²) in [5, 5.41) is 2.38. The van der Waals surface area contributed by atoms with E-state index in [0.717, 1.165) is 6.07 Å². The molecule has 0 atom stereocenters. The number of ether oxygens (including phenoxy) is 1. The van der Waals surface area contributed by atoms with Crippen molar-refractivity contribution in [3.63, 3.8) is 0 Å². The van der Waals surface area contributed by atoms with Gasteiger partial charge in [-0.15, -0.1) is 0 Å². The second-order valence-electron chi connectivity index (χ2n) is 7.27. The standard InChI is InChI=1S/C18H23F3N2O3/c1-17(2,3)26-16(25)23-10-8-12(9-11-23)15(24)22-14-7-5-4-6-13(14)18(19,20)21/h4-7,12H,8-11H2,1-3H3,(H,22,24). The Bertz CT molecular complexity index is 660. The van der Waals surface area contributed by atoms with Gasteiger partial charge < -0.3 is 15.0 Å². The minimum absolute atomic E-state index is 0.250. The lowest BCUT2D eigenvalue weighted by atomic mass is 9.96. The van der Waals surface area contributed by atoms with E-state index in [2.05, 4.69) is 5.32 Å². The number of hydrogen-bond acceptors (Lipinski definition) is 3. The number of anilines is 1. The van der Waals surface area contributed by atoms with Gasteiger partial charge in [-0.1, -0.05) is 12.1 Å². The molecule has 8 heteroatoms. The van der Waals surface area contributed by atoms with Crippen molar-refractivity contribution in [3.05, 3.63) is 29.8 Å². The summed E-state index contributed by atoms with van der Waals surface area (Å²) in [5.74, 6) is -0.916. The first-order valence-electron chi connectivity index (χ1n) is 8.42. The lowest BCUT2D eigenvalue weighted by molar-refractivity contribution is -0.137. The molecule has 1 saturated heterocycles. The minimum Gasteiger partial charge on any atom is -0.444 e. The van der Waals surface area contributed by atoms with Crippen molar-refractivity contribution in [2.45, 2.75) is 45.4 Å². The summed E-state index contributed by atoms with van der Waals surface area (Å²) >= 11 is 0. The van der Waals surface area contributed by atoms with E-state index in [9.17, 15) is 22.8 Å². The Morgan fingerprint density at radius 2 is 1.69 bits per heavy atom. The Kier molecular flexibility index (Phi) is 5.83. The number of rotatable bonds is 2. The largest absolute Gasteiger partial charge is 0.444 e. The van der Waals surface area contributed by atoms with E-state index >= 15 is 0 Å². The highest BCUT2D eigenvalue weighted by atomic mass is 19.4. The molecule has 0 radical (unpaired) electrons. The van der Waals surface area contributed by atoms with Crippen LogP contribution in [0.1, 0.15) is 39.2 Å². The van der Waals surface area contributed by atoms with Crippen LogP contribution in [-0.4, -0.2) is 35.6 Å². The highest BCUT2D eigenvalue weighted by Crippen LogP contribution is 2.35. The van der Waals surface area contributed by atoms with Crippen molar-refractivity contribution in [2.75, 3.05) is 18.4 Å². The average Bonchev–Trinajstić information content (AvgIpc) is 2.53. The lowest BCUT2D eigenvalue weighted by Crippen LogP contribution is -2.43. The van der Waals surface area contributed by atoms with Gasteiger partial charge in [-0.05, 0) is 45.7 Å². The molecule has 2 amide bonds. The Morgan fingerprint density at radius 3 is 2.23 bits per heavy atom. The monoisotopic (exact) mass is 372 g/mol. The Morgan fingerprint density at radius 1 is 1.12 bits per heavy atom. The molecule has 26 heavy (non-hydrogen) atoms. The van der Waals surface area contributed by atoms with Crippen molar-refractivity contribution in [3.8, 4) is 0 Å². The first-order valence-corrected chi connectivity index (χ1v) is 8.42. The average molecular weight is 372 g/mol.